The van der Waals surface area contributed by atoms with Crippen LogP contribution in [0, 0.1) is 19.7 Å². The fourth-order valence-electron chi connectivity index (χ4n) is 1.64. The molecule has 0 saturated carbocycles. The molecule has 0 amide bonds. The van der Waals surface area contributed by atoms with Gasteiger partial charge in [0.15, 0.2) is 0 Å². The summed E-state index contributed by atoms with van der Waals surface area (Å²) in [6.07, 6.45) is 1.49. The van der Waals surface area contributed by atoms with Crippen molar-refractivity contribution >= 4 is 15.7 Å². The second-order valence-electron chi connectivity index (χ2n) is 4.33. The number of aryl methyl sites for hydroxylation is 2. The highest BCUT2D eigenvalue weighted by Crippen LogP contribution is 2.20. The molecule has 0 aliphatic carbocycles. The molecular formula is C12H14FN3O3S. The third-order valence-corrected chi connectivity index (χ3v) is 4.03. The zero-order valence-corrected chi connectivity index (χ0v) is 11.8. The molecule has 0 bridgehead atoms. The molecule has 2 aromatic rings. The van der Waals surface area contributed by atoms with Crippen molar-refractivity contribution in [2.75, 3.05) is 5.73 Å². The van der Waals surface area contributed by atoms with Crippen molar-refractivity contribution in [2.45, 2.75) is 25.3 Å². The smallest absolute Gasteiger partial charge is 0.241 e. The summed E-state index contributed by atoms with van der Waals surface area (Å²) in [7, 11) is -3.81. The number of anilines is 1. The Kier molecular flexibility index (Phi) is 3.78. The number of nitrogens with zero attached hydrogens (tertiary/aromatic N) is 1. The summed E-state index contributed by atoms with van der Waals surface area (Å²) in [5.74, 6) is 0.214. The van der Waals surface area contributed by atoms with Crippen LogP contribution < -0.4 is 10.5 Å². The van der Waals surface area contributed by atoms with Gasteiger partial charge in [0.1, 0.15) is 11.6 Å². The average molecular weight is 299 g/mol. The zero-order valence-electron chi connectivity index (χ0n) is 11.0. The van der Waals surface area contributed by atoms with E-state index in [2.05, 4.69) is 9.71 Å². The van der Waals surface area contributed by atoms with Crippen LogP contribution in [0.3, 0.4) is 0 Å². The highest BCUT2D eigenvalue weighted by atomic mass is 32.2. The van der Waals surface area contributed by atoms with Crippen molar-refractivity contribution in [3.63, 3.8) is 0 Å². The number of benzene rings is 1. The van der Waals surface area contributed by atoms with E-state index in [1.54, 1.807) is 6.92 Å². The van der Waals surface area contributed by atoms with E-state index in [1.807, 2.05) is 0 Å². The number of nitrogens with two attached hydrogens (primary N) is 1. The Balaban J connectivity index is 2.22. The molecule has 0 aliphatic heterocycles. The van der Waals surface area contributed by atoms with Crippen molar-refractivity contribution in [2.24, 2.45) is 0 Å². The summed E-state index contributed by atoms with van der Waals surface area (Å²) in [5, 5.41) is 0. The molecule has 0 radical (unpaired) electrons. The maximum absolute atomic E-state index is 13.4. The molecule has 108 valence electrons. The number of hydrogen-bond acceptors (Lipinski definition) is 5. The predicted molar refractivity (Wildman–Crippen MR) is 70.8 cm³/mol. The molecule has 20 heavy (non-hydrogen) atoms. The van der Waals surface area contributed by atoms with E-state index in [9.17, 15) is 12.8 Å². The standard InChI is InChI=1S/C12H14FN3O3S/c1-7-3-9(4-10(14)12(7)13)20(17,18)16-6-11-15-5-8(2)19-11/h3-5,16H,6,14H2,1-2H3. The maximum Gasteiger partial charge on any atom is 0.241 e. The molecule has 1 aromatic heterocycles. The van der Waals surface area contributed by atoms with Crippen LogP contribution in [-0.4, -0.2) is 13.4 Å². The van der Waals surface area contributed by atoms with E-state index in [0.717, 1.165) is 6.07 Å². The number of aromatic nitrogens is 1. The molecule has 3 N–H and O–H groups in total. The summed E-state index contributed by atoms with van der Waals surface area (Å²) in [6, 6.07) is 2.29. The minimum Gasteiger partial charge on any atom is -0.445 e. The van der Waals surface area contributed by atoms with Gasteiger partial charge in [-0.25, -0.2) is 22.5 Å². The minimum absolute atomic E-state index is 0.0908. The van der Waals surface area contributed by atoms with Gasteiger partial charge in [-0.1, -0.05) is 0 Å². The number of nitrogen functional groups attached to an aromatic ring is 1. The number of hydrogen-bond donors (Lipinski definition) is 2. The van der Waals surface area contributed by atoms with Crippen molar-refractivity contribution in [3.05, 3.63) is 41.4 Å². The molecule has 0 spiro atoms. The number of nitrogens with one attached hydrogen (secondary N) is 1. The lowest BCUT2D eigenvalue weighted by Gasteiger charge is -2.08. The fourth-order valence-corrected chi connectivity index (χ4v) is 2.74. The third kappa shape index (κ3) is 2.97. The first-order valence-corrected chi connectivity index (χ1v) is 7.24. The van der Waals surface area contributed by atoms with Crippen LogP contribution in [0.15, 0.2) is 27.6 Å². The maximum atomic E-state index is 13.4. The van der Waals surface area contributed by atoms with E-state index in [-0.39, 0.29) is 28.6 Å². The van der Waals surface area contributed by atoms with Gasteiger partial charge < -0.3 is 10.2 Å². The van der Waals surface area contributed by atoms with Crippen LogP contribution >= 0.6 is 0 Å². The lowest BCUT2D eigenvalue weighted by atomic mass is 10.2. The first-order chi connectivity index (χ1) is 9.29. The summed E-state index contributed by atoms with van der Waals surface area (Å²) in [4.78, 5) is 3.78. The molecule has 0 aliphatic rings. The van der Waals surface area contributed by atoms with Gasteiger partial charge >= 0.3 is 0 Å². The van der Waals surface area contributed by atoms with E-state index in [4.69, 9.17) is 10.2 Å². The quantitative estimate of drug-likeness (QED) is 0.833. The van der Waals surface area contributed by atoms with Crippen molar-refractivity contribution < 1.29 is 17.2 Å². The lowest BCUT2D eigenvalue weighted by Crippen LogP contribution is -2.23. The van der Waals surface area contributed by atoms with Gasteiger partial charge in [0.25, 0.3) is 0 Å². The Morgan fingerprint density at radius 2 is 2.10 bits per heavy atom. The van der Waals surface area contributed by atoms with Gasteiger partial charge in [-0.2, -0.15) is 0 Å². The monoisotopic (exact) mass is 299 g/mol. The van der Waals surface area contributed by atoms with Crippen molar-refractivity contribution in [1.82, 2.24) is 9.71 Å². The molecule has 6 nitrogen and oxygen atoms in total. The first kappa shape index (κ1) is 14.5. The van der Waals surface area contributed by atoms with Gasteiger partial charge in [0.2, 0.25) is 15.9 Å². The second kappa shape index (κ2) is 5.22. The Hall–Kier alpha value is -1.93. The third-order valence-electron chi connectivity index (χ3n) is 2.65. The van der Waals surface area contributed by atoms with Crippen LogP contribution in [-0.2, 0) is 16.6 Å². The van der Waals surface area contributed by atoms with Crippen LogP contribution in [0.5, 0.6) is 0 Å². The molecule has 0 saturated heterocycles. The summed E-state index contributed by atoms with van der Waals surface area (Å²) < 4.78 is 45.0. The molecular weight excluding hydrogens is 285 g/mol. The van der Waals surface area contributed by atoms with E-state index < -0.39 is 15.8 Å². The summed E-state index contributed by atoms with van der Waals surface area (Å²) in [6.45, 7) is 3.06. The van der Waals surface area contributed by atoms with E-state index >= 15 is 0 Å². The summed E-state index contributed by atoms with van der Waals surface area (Å²) >= 11 is 0. The van der Waals surface area contributed by atoms with Crippen LogP contribution in [0.4, 0.5) is 10.1 Å². The topological polar surface area (TPSA) is 98.2 Å². The van der Waals surface area contributed by atoms with Crippen LogP contribution in [0.1, 0.15) is 17.2 Å². The van der Waals surface area contributed by atoms with Gasteiger partial charge in [0.05, 0.1) is 23.3 Å². The normalized spacial score (nSPS) is 11.8. The van der Waals surface area contributed by atoms with Crippen LogP contribution in [0.2, 0.25) is 0 Å². The Morgan fingerprint density at radius 1 is 1.40 bits per heavy atom. The highest BCUT2D eigenvalue weighted by molar-refractivity contribution is 7.89. The van der Waals surface area contributed by atoms with Gasteiger partial charge in [-0.3, -0.25) is 0 Å². The largest absolute Gasteiger partial charge is 0.445 e. The molecule has 0 unspecified atom stereocenters. The SMILES string of the molecule is Cc1cnc(CNS(=O)(=O)c2cc(C)c(F)c(N)c2)o1. The first-order valence-electron chi connectivity index (χ1n) is 5.76. The van der Waals surface area contributed by atoms with Gasteiger partial charge in [0, 0.05) is 0 Å². The number of sulfonamides is 1. The van der Waals surface area contributed by atoms with Crippen molar-refractivity contribution in [3.8, 4) is 0 Å². The Bertz CT molecular complexity index is 717. The number of halogens is 1. The predicted octanol–water partition coefficient (Wildman–Crippen LogP) is 1.49. The zero-order chi connectivity index (χ0) is 14.9. The van der Waals surface area contributed by atoms with Gasteiger partial charge in [-0.15, -0.1) is 0 Å². The molecule has 8 heteroatoms. The number of oxazole rings is 1. The van der Waals surface area contributed by atoms with E-state index in [0.29, 0.717) is 5.76 Å². The van der Waals surface area contributed by atoms with Crippen molar-refractivity contribution in [1.29, 1.82) is 0 Å². The Morgan fingerprint density at radius 3 is 2.65 bits per heavy atom. The lowest BCUT2D eigenvalue weighted by molar-refractivity contribution is 0.463. The van der Waals surface area contributed by atoms with E-state index in [1.165, 1.54) is 19.2 Å². The average Bonchev–Trinajstić information content (AvgIpc) is 2.79. The molecule has 2 rings (SSSR count). The summed E-state index contributed by atoms with van der Waals surface area (Å²) in [5.41, 5.74) is 5.38. The Labute approximate surface area is 115 Å². The molecule has 1 aromatic carbocycles. The molecule has 0 fully saturated rings. The highest BCUT2D eigenvalue weighted by Gasteiger charge is 2.18. The van der Waals surface area contributed by atoms with Gasteiger partial charge in [-0.05, 0) is 31.5 Å². The second-order valence-corrected chi connectivity index (χ2v) is 6.10. The van der Waals surface area contributed by atoms with Crippen LogP contribution in [0.25, 0.3) is 0 Å². The fraction of sp³-hybridized carbons (Fsp3) is 0.250. The molecule has 0 atom stereocenters. The minimum atomic E-state index is -3.81. The number of rotatable bonds is 4. The molecule has 1 heterocycles.